The number of carbonyl (C=O) groups is 2. The van der Waals surface area contributed by atoms with Crippen molar-refractivity contribution in [3.63, 3.8) is 0 Å². The molecule has 0 saturated carbocycles. The van der Waals surface area contributed by atoms with Gasteiger partial charge in [0.15, 0.2) is 6.61 Å². The molecular formula is C17H19ClN2O4. The van der Waals surface area contributed by atoms with Gasteiger partial charge in [-0.3, -0.25) is 9.59 Å². The molecule has 0 saturated heterocycles. The third-order valence-electron chi connectivity index (χ3n) is 3.60. The molecule has 1 heterocycles. The Morgan fingerprint density at radius 1 is 1.29 bits per heavy atom. The van der Waals surface area contributed by atoms with Gasteiger partial charge in [-0.25, -0.2) is 0 Å². The van der Waals surface area contributed by atoms with Crippen LogP contribution in [0.3, 0.4) is 0 Å². The van der Waals surface area contributed by atoms with Gasteiger partial charge in [0, 0.05) is 22.7 Å². The van der Waals surface area contributed by atoms with Crippen LogP contribution in [0.1, 0.15) is 29.0 Å². The number of hydrogen-bond acceptors (Lipinski definition) is 5. The molecule has 1 N–H and O–H groups in total. The van der Waals surface area contributed by atoms with Gasteiger partial charge in [0.05, 0.1) is 5.69 Å². The van der Waals surface area contributed by atoms with Crippen LogP contribution in [0.15, 0.2) is 22.7 Å². The summed E-state index contributed by atoms with van der Waals surface area (Å²) in [4.78, 5) is 23.6. The first-order chi connectivity index (χ1) is 11.4. The highest BCUT2D eigenvalue weighted by Crippen LogP contribution is 2.20. The summed E-state index contributed by atoms with van der Waals surface area (Å²) in [7, 11) is 0. The van der Waals surface area contributed by atoms with Crippen molar-refractivity contribution in [1.29, 1.82) is 0 Å². The van der Waals surface area contributed by atoms with E-state index in [1.165, 1.54) is 0 Å². The number of halogens is 1. The van der Waals surface area contributed by atoms with Gasteiger partial charge in [-0.05, 0) is 44.9 Å². The molecular weight excluding hydrogens is 332 g/mol. The van der Waals surface area contributed by atoms with E-state index in [2.05, 4.69) is 10.5 Å². The molecule has 0 spiro atoms. The Morgan fingerprint density at radius 2 is 2.04 bits per heavy atom. The number of benzene rings is 1. The van der Waals surface area contributed by atoms with Crippen molar-refractivity contribution >= 4 is 29.2 Å². The van der Waals surface area contributed by atoms with Crippen LogP contribution in [0.4, 0.5) is 5.69 Å². The van der Waals surface area contributed by atoms with Crippen molar-refractivity contribution in [1.82, 2.24) is 5.16 Å². The molecule has 0 atom stereocenters. The highest BCUT2D eigenvalue weighted by molar-refractivity contribution is 6.31. The Labute approximate surface area is 145 Å². The smallest absolute Gasteiger partial charge is 0.306 e. The van der Waals surface area contributed by atoms with Crippen LogP contribution in [0.5, 0.6) is 0 Å². The molecule has 0 aliphatic heterocycles. The summed E-state index contributed by atoms with van der Waals surface area (Å²) in [6.45, 7) is 5.12. The summed E-state index contributed by atoms with van der Waals surface area (Å²) < 4.78 is 10.0. The number of aryl methyl sites for hydroxylation is 3. The number of esters is 1. The minimum atomic E-state index is -0.451. The van der Waals surface area contributed by atoms with Crippen molar-refractivity contribution in [2.75, 3.05) is 11.9 Å². The van der Waals surface area contributed by atoms with E-state index in [0.29, 0.717) is 22.9 Å². The second-order valence-electron chi connectivity index (χ2n) is 5.47. The molecule has 24 heavy (non-hydrogen) atoms. The first kappa shape index (κ1) is 18.0. The van der Waals surface area contributed by atoms with Gasteiger partial charge < -0.3 is 14.6 Å². The maximum Gasteiger partial charge on any atom is 0.306 e. The number of rotatable bonds is 6. The number of ether oxygens (including phenoxy) is 1. The monoisotopic (exact) mass is 350 g/mol. The Hall–Kier alpha value is -2.34. The number of carbonyl (C=O) groups excluding carboxylic acids is 2. The maximum absolute atomic E-state index is 11.9. The SMILES string of the molecule is Cc1ccc(Cl)cc1NC(=O)COC(=O)CCc1c(C)noc1C. The Bertz CT molecular complexity index is 736. The number of hydrogen-bond donors (Lipinski definition) is 1. The summed E-state index contributed by atoms with van der Waals surface area (Å²) in [6.07, 6.45) is 0.626. The molecule has 0 bridgehead atoms. The van der Waals surface area contributed by atoms with E-state index in [-0.39, 0.29) is 13.0 Å². The summed E-state index contributed by atoms with van der Waals surface area (Å²) in [5.74, 6) is -0.173. The van der Waals surface area contributed by atoms with Gasteiger partial charge in [-0.15, -0.1) is 0 Å². The van der Waals surface area contributed by atoms with Gasteiger partial charge in [-0.2, -0.15) is 0 Å². The van der Waals surface area contributed by atoms with Crippen LogP contribution < -0.4 is 5.32 Å². The Balaban J connectivity index is 1.79. The average molecular weight is 351 g/mol. The predicted octanol–water partition coefficient (Wildman–Crippen LogP) is 3.37. The van der Waals surface area contributed by atoms with E-state index >= 15 is 0 Å². The minimum Gasteiger partial charge on any atom is -0.456 e. The van der Waals surface area contributed by atoms with Crippen LogP contribution in [0.2, 0.25) is 5.02 Å². The van der Waals surface area contributed by atoms with Crippen molar-refractivity contribution < 1.29 is 18.8 Å². The van der Waals surface area contributed by atoms with Crippen LogP contribution in [0.25, 0.3) is 0 Å². The highest BCUT2D eigenvalue weighted by Gasteiger charge is 2.13. The highest BCUT2D eigenvalue weighted by atomic mass is 35.5. The molecule has 1 aromatic carbocycles. The lowest BCUT2D eigenvalue weighted by molar-refractivity contribution is -0.147. The van der Waals surface area contributed by atoms with E-state index in [9.17, 15) is 9.59 Å². The summed E-state index contributed by atoms with van der Waals surface area (Å²) in [5, 5.41) is 7.02. The second-order valence-corrected chi connectivity index (χ2v) is 5.91. The molecule has 0 fully saturated rings. The van der Waals surface area contributed by atoms with Crippen molar-refractivity contribution in [3.05, 3.63) is 45.8 Å². The molecule has 1 aromatic heterocycles. The summed E-state index contributed by atoms with van der Waals surface area (Å²) in [5.41, 5.74) is 3.12. The molecule has 1 amide bonds. The van der Waals surface area contributed by atoms with Crippen LogP contribution in [-0.2, 0) is 20.7 Å². The third kappa shape index (κ3) is 4.83. The molecule has 6 nitrogen and oxygen atoms in total. The topological polar surface area (TPSA) is 81.4 Å². The van der Waals surface area contributed by atoms with Crippen LogP contribution in [-0.4, -0.2) is 23.6 Å². The van der Waals surface area contributed by atoms with E-state index < -0.39 is 11.9 Å². The number of amides is 1. The molecule has 2 aromatic rings. The van der Waals surface area contributed by atoms with Gasteiger partial charge >= 0.3 is 5.97 Å². The third-order valence-corrected chi connectivity index (χ3v) is 3.83. The van der Waals surface area contributed by atoms with Crippen molar-refractivity contribution in [2.45, 2.75) is 33.6 Å². The van der Waals surface area contributed by atoms with E-state index in [1.54, 1.807) is 25.1 Å². The quantitative estimate of drug-likeness (QED) is 0.808. The molecule has 0 aliphatic rings. The molecule has 0 radical (unpaired) electrons. The van der Waals surface area contributed by atoms with Gasteiger partial charge in [-0.1, -0.05) is 22.8 Å². The van der Waals surface area contributed by atoms with Gasteiger partial charge in [0.25, 0.3) is 5.91 Å². The largest absolute Gasteiger partial charge is 0.456 e. The fraction of sp³-hybridized carbons (Fsp3) is 0.353. The first-order valence-electron chi connectivity index (χ1n) is 7.50. The van der Waals surface area contributed by atoms with E-state index in [4.69, 9.17) is 20.9 Å². The fourth-order valence-electron chi connectivity index (χ4n) is 2.22. The average Bonchev–Trinajstić information content (AvgIpc) is 2.85. The second kappa shape index (κ2) is 7.97. The number of nitrogens with zero attached hydrogens (tertiary/aromatic N) is 1. The lowest BCUT2D eigenvalue weighted by Gasteiger charge is -2.09. The first-order valence-corrected chi connectivity index (χ1v) is 7.88. The van der Waals surface area contributed by atoms with Gasteiger partial charge in [0.1, 0.15) is 5.76 Å². The lowest BCUT2D eigenvalue weighted by atomic mass is 10.1. The normalized spacial score (nSPS) is 10.5. The molecule has 2 rings (SSSR count). The maximum atomic E-state index is 11.9. The van der Waals surface area contributed by atoms with Crippen LogP contribution in [0, 0.1) is 20.8 Å². The lowest BCUT2D eigenvalue weighted by Crippen LogP contribution is -2.21. The fourth-order valence-corrected chi connectivity index (χ4v) is 2.39. The summed E-state index contributed by atoms with van der Waals surface area (Å²) >= 11 is 5.89. The summed E-state index contributed by atoms with van der Waals surface area (Å²) in [6, 6.07) is 5.18. The molecule has 7 heteroatoms. The molecule has 0 unspecified atom stereocenters. The van der Waals surface area contributed by atoms with E-state index in [0.717, 1.165) is 16.8 Å². The minimum absolute atomic E-state index is 0.159. The zero-order valence-electron chi connectivity index (χ0n) is 13.8. The standard InChI is InChI=1S/C17H19ClN2O4/c1-10-4-5-13(18)8-15(10)19-16(21)9-23-17(22)7-6-14-11(2)20-24-12(14)3/h4-5,8H,6-7,9H2,1-3H3,(H,19,21). The molecule has 128 valence electrons. The molecule has 0 aliphatic carbocycles. The van der Waals surface area contributed by atoms with E-state index in [1.807, 2.05) is 13.8 Å². The van der Waals surface area contributed by atoms with Gasteiger partial charge in [0.2, 0.25) is 0 Å². The number of nitrogens with one attached hydrogen (secondary N) is 1. The predicted molar refractivity (Wildman–Crippen MR) is 90.1 cm³/mol. The van der Waals surface area contributed by atoms with Crippen molar-refractivity contribution in [3.8, 4) is 0 Å². The van der Waals surface area contributed by atoms with Crippen LogP contribution >= 0.6 is 11.6 Å². The zero-order valence-corrected chi connectivity index (χ0v) is 14.6. The van der Waals surface area contributed by atoms with Crippen molar-refractivity contribution in [2.24, 2.45) is 0 Å². The number of aromatic nitrogens is 1. The zero-order chi connectivity index (χ0) is 17.7. The Morgan fingerprint density at radius 3 is 2.71 bits per heavy atom. The Kier molecular flexibility index (Phi) is 5.98. The number of anilines is 1.